The van der Waals surface area contributed by atoms with E-state index in [2.05, 4.69) is 5.10 Å². The van der Waals surface area contributed by atoms with Crippen molar-refractivity contribution in [1.29, 1.82) is 0 Å². The number of primary amides is 1. The Balaban J connectivity index is 2.05. The highest BCUT2D eigenvalue weighted by atomic mass is 16.2. The molecule has 1 fully saturated rings. The van der Waals surface area contributed by atoms with Gasteiger partial charge in [-0.1, -0.05) is 32.0 Å². The summed E-state index contributed by atoms with van der Waals surface area (Å²) < 4.78 is 1.37. The highest BCUT2D eigenvalue weighted by Crippen LogP contribution is 2.21. The second-order valence-electron chi connectivity index (χ2n) is 7.27. The molecule has 2 amide bonds. The van der Waals surface area contributed by atoms with Crippen molar-refractivity contribution in [3.63, 3.8) is 0 Å². The first-order chi connectivity index (χ1) is 12.4. The van der Waals surface area contributed by atoms with E-state index in [1.54, 1.807) is 29.2 Å². The van der Waals surface area contributed by atoms with Gasteiger partial charge in [0.2, 0.25) is 5.91 Å². The quantitative estimate of drug-likeness (QED) is 0.895. The van der Waals surface area contributed by atoms with E-state index in [4.69, 9.17) is 5.73 Å². The second-order valence-corrected chi connectivity index (χ2v) is 7.27. The number of amides is 2. The van der Waals surface area contributed by atoms with Gasteiger partial charge in [0.25, 0.3) is 11.5 Å². The second kappa shape index (κ2) is 7.27. The number of benzene rings is 1. The van der Waals surface area contributed by atoms with E-state index in [9.17, 15) is 14.4 Å². The normalized spacial score (nSPS) is 17.7. The molecule has 0 aliphatic carbocycles. The Kier molecular flexibility index (Phi) is 5.06. The predicted molar refractivity (Wildman–Crippen MR) is 98.7 cm³/mol. The maximum Gasteiger partial charge on any atom is 0.274 e. The molecule has 2 aromatic rings. The zero-order chi connectivity index (χ0) is 18.8. The number of rotatable bonds is 4. The Morgan fingerprint density at radius 3 is 2.62 bits per heavy atom. The zero-order valence-corrected chi connectivity index (χ0v) is 15.1. The highest BCUT2D eigenvalue weighted by molar-refractivity contribution is 6.05. The summed E-state index contributed by atoms with van der Waals surface area (Å²) in [5.41, 5.74) is 5.48. The number of nitrogens with two attached hydrogens (primary N) is 1. The van der Waals surface area contributed by atoms with Gasteiger partial charge in [-0.25, -0.2) is 4.68 Å². The molecule has 1 atom stereocenters. The standard InChI is InChI=1S/C19H24N4O3/c1-12(2)10-23-18(25)15-8-4-3-7-14(15)16(21-23)19(26)22-9-5-6-13(11-22)17(20)24/h3-4,7-8,12-13H,5-6,9-11H2,1-2H3,(H2,20,24). The Morgan fingerprint density at radius 1 is 1.27 bits per heavy atom. The maximum atomic E-state index is 13.1. The lowest BCUT2D eigenvalue weighted by atomic mass is 9.97. The number of piperidine rings is 1. The maximum absolute atomic E-state index is 13.1. The molecule has 1 aromatic carbocycles. The van der Waals surface area contributed by atoms with Gasteiger partial charge in [-0.05, 0) is 24.8 Å². The summed E-state index contributed by atoms with van der Waals surface area (Å²) >= 11 is 0. The lowest BCUT2D eigenvalue weighted by molar-refractivity contribution is -0.123. The number of fused-ring (bicyclic) bond motifs is 1. The molecular formula is C19H24N4O3. The van der Waals surface area contributed by atoms with Crippen molar-refractivity contribution in [1.82, 2.24) is 14.7 Å². The van der Waals surface area contributed by atoms with Gasteiger partial charge in [-0.15, -0.1) is 0 Å². The van der Waals surface area contributed by atoms with Crippen LogP contribution in [-0.4, -0.2) is 39.6 Å². The average molecular weight is 356 g/mol. The summed E-state index contributed by atoms with van der Waals surface area (Å²) in [4.78, 5) is 38.9. The summed E-state index contributed by atoms with van der Waals surface area (Å²) in [6.45, 7) is 5.28. The van der Waals surface area contributed by atoms with Crippen molar-refractivity contribution in [3.05, 3.63) is 40.3 Å². The molecule has 3 rings (SSSR count). The predicted octanol–water partition coefficient (Wildman–Crippen LogP) is 1.39. The first kappa shape index (κ1) is 18.1. The molecular weight excluding hydrogens is 332 g/mol. The molecule has 1 aliphatic heterocycles. The minimum absolute atomic E-state index is 0.195. The summed E-state index contributed by atoms with van der Waals surface area (Å²) in [7, 11) is 0. The Hall–Kier alpha value is -2.70. The van der Waals surface area contributed by atoms with Crippen LogP contribution in [0.1, 0.15) is 37.2 Å². The van der Waals surface area contributed by atoms with Crippen LogP contribution >= 0.6 is 0 Å². The van der Waals surface area contributed by atoms with Gasteiger partial charge in [0.05, 0.1) is 11.3 Å². The number of hydrogen-bond acceptors (Lipinski definition) is 4. The Labute approximate surface area is 151 Å². The van der Waals surface area contributed by atoms with Gasteiger partial charge in [0.1, 0.15) is 0 Å². The fourth-order valence-corrected chi connectivity index (χ4v) is 3.41. The minimum Gasteiger partial charge on any atom is -0.369 e. The van der Waals surface area contributed by atoms with E-state index in [1.807, 2.05) is 13.8 Å². The van der Waals surface area contributed by atoms with Gasteiger partial charge >= 0.3 is 0 Å². The van der Waals surface area contributed by atoms with E-state index < -0.39 is 0 Å². The van der Waals surface area contributed by atoms with Crippen LogP contribution in [0.2, 0.25) is 0 Å². The molecule has 1 unspecified atom stereocenters. The van der Waals surface area contributed by atoms with Gasteiger partial charge in [0.15, 0.2) is 5.69 Å². The number of carbonyl (C=O) groups is 2. The fraction of sp³-hybridized carbons (Fsp3) is 0.474. The largest absolute Gasteiger partial charge is 0.369 e. The van der Waals surface area contributed by atoms with Crippen LogP contribution in [0, 0.1) is 11.8 Å². The Bertz CT molecular complexity index is 903. The van der Waals surface area contributed by atoms with Gasteiger partial charge in [-0.3, -0.25) is 14.4 Å². The summed E-state index contributed by atoms with van der Waals surface area (Å²) in [5.74, 6) is -0.756. The van der Waals surface area contributed by atoms with Crippen molar-refractivity contribution in [2.24, 2.45) is 17.6 Å². The van der Waals surface area contributed by atoms with Crippen molar-refractivity contribution >= 4 is 22.6 Å². The number of carbonyl (C=O) groups excluding carboxylic acids is 2. The fourth-order valence-electron chi connectivity index (χ4n) is 3.41. The average Bonchev–Trinajstić information content (AvgIpc) is 2.63. The summed E-state index contributed by atoms with van der Waals surface area (Å²) in [5, 5.41) is 5.41. The third-order valence-electron chi connectivity index (χ3n) is 4.72. The van der Waals surface area contributed by atoms with Crippen LogP contribution < -0.4 is 11.3 Å². The smallest absolute Gasteiger partial charge is 0.274 e. The van der Waals surface area contributed by atoms with Crippen molar-refractivity contribution in [2.75, 3.05) is 13.1 Å². The van der Waals surface area contributed by atoms with Gasteiger partial charge in [0, 0.05) is 25.0 Å². The zero-order valence-electron chi connectivity index (χ0n) is 15.1. The van der Waals surface area contributed by atoms with Crippen molar-refractivity contribution < 1.29 is 9.59 Å². The van der Waals surface area contributed by atoms with E-state index in [0.29, 0.717) is 36.8 Å². The lowest BCUT2D eigenvalue weighted by Crippen LogP contribution is -2.45. The van der Waals surface area contributed by atoms with Crippen LogP contribution in [0.5, 0.6) is 0 Å². The molecule has 2 heterocycles. The van der Waals surface area contributed by atoms with Crippen LogP contribution in [0.15, 0.2) is 29.1 Å². The molecule has 1 aliphatic rings. The third kappa shape index (κ3) is 3.47. The van der Waals surface area contributed by atoms with Crippen molar-refractivity contribution in [2.45, 2.75) is 33.2 Å². The number of aromatic nitrogens is 2. The minimum atomic E-state index is -0.384. The number of nitrogens with zero attached hydrogens (tertiary/aromatic N) is 3. The summed E-state index contributed by atoms with van der Waals surface area (Å²) in [6.07, 6.45) is 1.42. The number of likely N-dealkylation sites (tertiary alicyclic amines) is 1. The van der Waals surface area contributed by atoms with Gasteiger partial charge in [-0.2, -0.15) is 5.10 Å². The van der Waals surface area contributed by atoms with Gasteiger partial charge < -0.3 is 10.6 Å². The lowest BCUT2D eigenvalue weighted by Gasteiger charge is -2.31. The van der Waals surface area contributed by atoms with E-state index in [1.165, 1.54) is 4.68 Å². The number of hydrogen-bond donors (Lipinski definition) is 1. The first-order valence-electron chi connectivity index (χ1n) is 8.97. The highest BCUT2D eigenvalue weighted by Gasteiger charge is 2.29. The SMILES string of the molecule is CC(C)Cn1nc(C(=O)N2CCCC(C(N)=O)C2)c2ccccc2c1=O. The Morgan fingerprint density at radius 2 is 1.96 bits per heavy atom. The van der Waals surface area contributed by atoms with E-state index >= 15 is 0 Å². The molecule has 0 spiro atoms. The molecule has 2 N–H and O–H groups in total. The third-order valence-corrected chi connectivity index (χ3v) is 4.72. The molecule has 7 heteroatoms. The summed E-state index contributed by atoms with van der Waals surface area (Å²) in [6, 6.07) is 7.03. The first-order valence-corrected chi connectivity index (χ1v) is 8.97. The van der Waals surface area contributed by atoms with E-state index in [-0.39, 0.29) is 34.9 Å². The molecule has 0 saturated carbocycles. The van der Waals surface area contributed by atoms with Crippen LogP contribution in [0.25, 0.3) is 10.8 Å². The topological polar surface area (TPSA) is 98.3 Å². The molecule has 7 nitrogen and oxygen atoms in total. The molecule has 26 heavy (non-hydrogen) atoms. The molecule has 138 valence electrons. The van der Waals surface area contributed by atoms with E-state index in [0.717, 1.165) is 6.42 Å². The van der Waals surface area contributed by atoms with Crippen LogP contribution in [0.4, 0.5) is 0 Å². The van der Waals surface area contributed by atoms with Crippen molar-refractivity contribution in [3.8, 4) is 0 Å². The molecule has 1 saturated heterocycles. The molecule has 0 bridgehead atoms. The molecule has 0 radical (unpaired) electrons. The van der Waals surface area contributed by atoms with Crippen LogP contribution in [0.3, 0.4) is 0 Å². The monoisotopic (exact) mass is 356 g/mol. The molecule has 1 aromatic heterocycles. The van der Waals surface area contributed by atoms with Crippen LogP contribution in [-0.2, 0) is 11.3 Å².